The summed E-state index contributed by atoms with van der Waals surface area (Å²) in [6.07, 6.45) is 1.96. The molecule has 2 aromatic rings. The molecule has 0 amide bonds. The first kappa shape index (κ1) is 8.30. The molecule has 1 aromatic carbocycles. The minimum absolute atomic E-state index is 0.822. The fourth-order valence-corrected chi connectivity index (χ4v) is 1.34. The Labute approximate surface area is 77.6 Å². The van der Waals surface area contributed by atoms with Gasteiger partial charge in [-0.3, -0.25) is 0 Å². The average Bonchev–Trinajstić information content (AvgIpc) is 2.46. The normalized spacial score (nSPS) is 10.9. The van der Waals surface area contributed by atoms with Crippen molar-refractivity contribution >= 4 is 11.1 Å². The van der Waals surface area contributed by atoms with Crippen LogP contribution in [0.1, 0.15) is 24.8 Å². The van der Waals surface area contributed by atoms with Gasteiger partial charge in [0, 0.05) is 6.42 Å². The molecule has 0 aliphatic heterocycles. The van der Waals surface area contributed by atoms with E-state index >= 15 is 0 Å². The minimum Gasteiger partial charge on any atom is -0.441 e. The summed E-state index contributed by atoms with van der Waals surface area (Å²) < 4.78 is 5.54. The van der Waals surface area contributed by atoms with Gasteiger partial charge in [0.2, 0.25) is 0 Å². The van der Waals surface area contributed by atoms with Gasteiger partial charge in [0.15, 0.2) is 11.5 Å². The quantitative estimate of drug-likeness (QED) is 0.699. The summed E-state index contributed by atoms with van der Waals surface area (Å²) in [4.78, 5) is 4.35. The lowest BCUT2D eigenvalue weighted by Gasteiger charge is -1.88. The van der Waals surface area contributed by atoms with Crippen molar-refractivity contribution in [2.75, 3.05) is 0 Å². The topological polar surface area (TPSA) is 26.0 Å². The lowest BCUT2D eigenvalue weighted by atomic mass is 10.2. The molecular formula is C11H12NO. The number of hydrogen-bond acceptors (Lipinski definition) is 2. The zero-order valence-corrected chi connectivity index (χ0v) is 7.71. The van der Waals surface area contributed by atoms with Crippen LogP contribution in [0.2, 0.25) is 0 Å². The van der Waals surface area contributed by atoms with Crippen LogP contribution >= 0.6 is 0 Å². The van der Waals surface area contributed by atoms with Crippen LogP contribution in [-0.4, -0.2) is 4.98 Å². The molecule has 0 unspecified atom stereocenters. The number of oxazole rings is 1. The molecule has 0 aliphatic rings. The van der Waals surface area contributed by atoms with Gasteiger partial charge in [-0.1, -0.05) is 13.0 Å². The second-order valence-electron chi connectivity index (χ2n) is 3.16. The molecule has 0 spiro atoms. The Morgan fingerprint density at radius 1 is 1.46 bits per heavy atom. The molecule has 0 bridgehead atoms. The number of fused-ring (bicyclic) bond motifs is 1. The third-order valence-corrected chi connectivity index (χ3v) is 1.96. The van der Waals surface area contributed by atoms with Crippen molar-refractivity contribution in [1.29, 1.82) is 0 Å². The number of benzene rings is 1. The van der Waals surface area contributed by atoms with Gasteiger partial charge in [0.1, 0.15) is 5.52 Å². The Hall–Kier alpha value is -1.31. The second-order valence-corrected chi connectivity index (χ2v) is 3.16. The maximum Gasteiger partial charge on any atom is 0.195 e. The van der Waals surface area contributed by atoms with Crippen molar-refractivity contribution in [3.05, 3.63) is 36.6 Å². The first-order valence-corrected chi connectivity index (χ1v) is 4.51. The molecule has 0 N–H and O–H groups in total. The molecule has 0 aliphatic carbocycles. The van der Waals surface area contributed by atoms with Gasteiger partial charge in [0.25, 0.3) is 0 Å². The molecule has 1 heterocycles. The van der Waals surface area contributed by atoms with Crippen molar-refractivity contribution < 1.29 is 4.42 Å². The van der Waals surface area contributed by atoms with Gasteiger partial charge < -0.3 is 4.42 Å². The number of aromatic nitrogens is 1. The maximum absolute atomic E-state index is 5.54. The summed E-state index contributed by atoms with van der Waals surface area (Å²) in [6.45, 7) is 5.95. The van der Waals surface area contributed by atoms with Gasteiger partial charge in [-0.15, -0.1) is 0 Å². The van der Waals surface area contributed by atoms with Crippen molar-refractivity contribution in [1.82, 2.24) is 4.98 Å². The van der Waals surface area contributed by atoms with Crippen LogP contribution in [-0.2, 0) is 6.42 Å². The molecule has 1 radical (unpaired) electrons. The molecule has 1 aromatic heterocycles. The number of aryl methyl sites for hydroxylation is 1. The van der Waals surface area contributed by atoms with Crippen LogP contribution in [0.5, 0.6) is 0 Å². The van der Waals surface area contributed by atoms with E-state index < -0.39 is 0 Å². The molecule has 0 saturated heterocycles. The van der Waals surface area contributed by atoms with Gasteiger partial charge in [0.05, 0.1) is 0 Å². The molecule has 0 atom stereocenters. The van der Waals surface area contributed by atoms with E-state index in [1.807, 2.05) is 18.2 Å². The summed E-state index contributed by atoms with van der Waals surface area (Å²) >= 11 is 0. The monoisotopic (exact) mass is 174 g/mol. The van der Waals surface area contributed by atoms with E-state index in [1.165, 1.54) is 0 Å². The van der Waals surface area contributed by atoms with Gasteiger partial charge in [-0.2, -0.15) is 0 Å². The second kappa shape index (κ2) is 3.21. The molecular weight excluding hydrogens is 162 g/mol. The van der Waals surface area contributed by atoms with Crippen molar-refractivity contribution in [3.8, 4) is 0 Å². The molecule has 0 fully saturated rings. The van der Waals surface area contributed by atoms with E-state index in [2.05, 4.69) is 18.8 Å². The van der Waals surface area contributed by atoms with E-state index in [4.69, 9.17) is 4.42 Å². The fourth-order valence-electron chi connectivity index (χ4n) is 1.34. The average molecular weight is 174 g/mol. The summed E-state index contributed by atoms with van der Waals surface area (Å²) in [7, 11) is 0. The number of rotatable bonds is 2. The third-order valence-electron chi connectivity index (χ3n) is 1.96. The zero-order chi connectivity index (χ0) is 9.26. The van der Waals surface area contributed by atoms with E-state index in [9.17, 15) is 0 Å². The van der Waals surface area contributed by atoms with Crippen LogP contribution in [0.15, 0.2) is 22.6 Å². The first-order chi connectivity index (χ1) is 6.29. The lowest BCUT2D eigenvalue weighted by molar-refractivity contribution is 0.525. The number of nitrogens with zero attached hydrogens (tertiary/aromatic N) is 1. The third kappa shape index (κ3) is 1.57. The Bertz CT molecular complexity index is 417. The highest BCUT2D eigenvalue weighted by Gasteiger charge is 2.03. The molecule has 67 valence electrons. The van der Waals surface area contributed by atoms with E-state index in [0.29, 0.717) is 0 Å². The van der Waals surface area contributed by atoms with E-state index in [1.54, 1.807) is 0 Å². The van der Waals surface area contributed by atoms with E-state index in [0.717, 1.165) is 35.4 Å². The highest BCUT2D eigenvalue weighted by Crippen LogP contribution is 2.17. The van der Waals surface area contributed by atoms with Gasteiger partial charge in [-0.05, 0) is 31.0 Å². The van der Waals surface area contributed by atoms with Crippen LogP contribution < -0.4 is 0 Å². The summed E-state index contributed by atoms with van der Waals surface area (Å²) in [6, 6.07) is 5.81. The van der Waals surface area contributed by atoms with Crippen molar-refractivity contribution in [2.24, 2.45) is 0 Å². The molecule has 13 heavy (non-hydrogen) atoms. The largest absolute Gasteiger partial charge is 0.441 e. The standard InChI is InChI=1S/C11H12NO/c1-3-4-11-12-9-6-5-8(2)7-10(9)13-11/h5-7H,2-4H2,1H3. The highest BCUT2D eigenvalue weighted by atomic mass is 16.3. The van der Waals surface area contributed by atoms with Gasteiger partial charge >= 0.3 is 0 Å². The molecule has 2 nitrogen and oxygen atoms in total. The van der Waals surface area contributed by atoms with E-state index in [-0.39, 0.29) is 0 Å². The van der Waals surface area contributed by atoms with Crippen LogP contribution in [0.3, 0.4) is 0 Å². The first-order valence-electron chi connectivity index (χ1n) is 4.51. The molecule has 0 saturated carbocycles. The van der Waals surface area contributed by atoms with Crippen molar-refractivity contribution in [2.45, 2.75) is 19.8 Å². The predicted octanol–water partition coefficient (Wildman–Crippen LogP) is 2.96. The highest BCUT2D eigenvalue weighted by molar-refractivity contribution is 5.73. The van der Waals surface area contributed by atoms with Crippen molar-refractivity contribution in [3.63, 3.8) is 0 Å². The van der Waals surface area contributed by atoms with Crippen LogP contribution in [0.4, 0.5) is 0 Å². The van der Waals surface area contributed by atoms with Gasteiger partial charge in [-0.25, -0.2) is 4.98 Å². The van der Waals surface area contributed by atoms with Crippen LogP contribution in [0.25, 0.3) is 11.1 Å². The SMILES string of the molecule is [CH2]c1ccc2nc(CCC)oc2c1. The predicted molar refractivity (Wildman–Crippen MR) is 52.5 cm³/mol. The Morgan fingerprint density at radius 3 is 3.08 bits per heavy atom. The summed E-state index contributed by atoms with van der Waals surface area (Å²) in [5.74, 6) is 0.822. The molecule has 2 heteroatoms. The summed E-state index contributed by atoms with van der Waals surface area (Å²) in [5, 5.41) is 0. The summed E-state index contributed by atoms with van der Waals surface area (Å²) in [5.41, 5.74) is 2.73. The van der Waals surface area contributed by atoms with Crippen LogP contribution in [0, 0.1) is 6.92 Å². The lowest BCUT2D eigenvalue weighted by Crippen LogP contribution is -1.79. The Balaban J connectivity index is 2.49. The number of hydrogen-bond donors (Lipinski definition) is 0. The Morgan fingerprint density at radius 2 is 2.31 bits per heavy atom. The Kier molecular flexibility index (Phi) is 2.05. The minimum atomic E-state index is 0.822. The smallest absolute Gasteiger partial charge is 0.195 e. The molecule has 2 rings (SSSR count). The maximum atomic E-state index is 5.54. The fraction of sp³-hybridized carbons (Fsp3) is 0.273. The zero-order valence-electron chi connectivity index (χ0n) is 7.71.